The Hall–Kier alpha value is -3.93. The number of amides is 1. The second-order valence-electron chi connectivity index (χ2n) is 6.26. The van der Waals surface area contributed by atoms with Crippen LogP contribution in [0.15, 0.2) is 52.7 Å². The molecule has 0 bridgehead atoms. The lowest BCUT2D eigenvalue weighted by atomic mass is 10.2. The molecule has 168 valence electrons. The standard InChI is InChI=1S/C20H23N7O4S/c1-29-15-6-4-5-13(7-15)11-22-24-19-25-26-20(27(19)21)32-12-18(28)23-14-8-16(30-2)10-17(9-14)31-3/h4-11H,12,21H2,1-3H3,(H,23,28)(H,24,25)/b22-11+. The van der Waals surface area contributed by atoms with Crippen molar-refractivity contribution in [2.75, 3.05) is 43.7 Å². The van der Waals surface area contributed by atoms with Gasteiger partial charge in [0.05, 0.1) is 33.3 Å². The third-order valence-electron chi connectivity index (χ3n) is 4.10. The molecule has 11 nitrogen and oxygen atoms in total. The minimum atomic E-state index is -0.251. The number of nitrogens with two attached hydrogens (primary N) is 1. The summed E-state index contributed by atoms with van der Waals surface area (Å²) in [5, 5.41) is 15.1. The Morgan fingerprint density at radius 3 is 2.50 bits per heavy atom. The van der Waals surface area contributed by atoms with E-state index in [4.69, 9.17) is 20.1 Å². The van der Waals surface area contributed by atoms with E-state index in [0.717, 1.165) is 23.1 Å². The summed E-state index contributed by atoms with van der Waals surface area (Å²) < 4.78 is 16.8. The number of hydrazone groups is 1. The molecule has 0 aliphatic heterocycles. The number of carbonyl (C=O) groups is 1. The lowest BCUT2D eigenvalue weighted by molar-refractivity contribution is -0.113. The van der Waals surface area contributed by atoms with Crippen molar-refractivity contribution < 1.29 is 19.0 Å². The fraction of sp³-hybridized carbons (Fsp3) is 0.200. The van der Waals surface area contributed by atoms with E-state index in [1.807, 2.05) is 24.3 Å². The molecule has 1 amide bonds. The van der Waals surface area contributed by atoms with Crippen molar-refractivity contribution in [3.8, 4) is 17.2 Å². The van der Waals surface area contributed by atoms with Gasteiger partial charge in [-0.05, 0) is 17.7 Å². The summed E-state index contributed by atoms with van der Waals surface area (Å²) in [5.74, 6) is 7.90. The molecule has 2 aromatic carbocycles. The third kappa shape index (κ3) is 6.04. The Labute approximate surface area is 188 Å². The van der Waals surface area contributed by atoms with Crippen LogP contribution in [-0.4, -0.2) is 54.1 Å². The number of carbonyl (C=O) groups excluding carboxylic acids is 1. The summed E-state index contributed by atoms with van der Waals surface area (Å²) in [4.78, 5) is 12.3. The van der Waals surface area contributed by atoms with Crippen molar-refractivity contribution in [1.29, 1.82) is 0 Å². The quantitative estimate of drug-likeness (QED) is 0.181. The smallest absolute Gasteiger partial charge is 0.264 e. The van der Waals surface area contributed by atoms with E-state index in [-0.39, 0.29) is 17.6 Å². The molecule has 0 aliphatic carbocycles. The Morgan fingerprint density at radius 1 is 1.09 bits per heavy atom. The minimum Gasteiger partial charge on any atom is -0.497 e. The molecule has 0 spiro atoms. The van der Waals surface area contributed by atoms with E-state index in [1.165, 1.54) is 18.9 Å². The second-order valence-corrected chi connectivity index (χ2v) is 7.20. The monoisotopic (exact) mass is 457 g/mol. The number of thioether (sulfide) groups is 1. The highest BCUT2D eigenvalue weighted by atomic mass is 32.2. The molecule has 0 saturated heterocycles. The van der Waals surface area contributed by atoms with Gasteiger partial charge in [-0.1, -0.05) is 23.9 Å². The van der Waals surface area contributed by atoms with E-state index in [0.29, 0.717) is 22.3 Å². The van der Waals surface area contributed by atoms with Gasteiger partial charge in [-0.2, -0.15) is 5.10 Å². The van der Waals surface area contributed by atoms with Gasteiger partial charge in [-0.3, -0.25) is 4.79 Å². The minimum absolute atomic E-state index is 0.0714. The Balaban J connectivity index is 1.55. The normalized spacial score (nSPS) is 10.7. The van der Waals surface area contributed by atoms with Crippen LogP contribution in [0.25, 0.3) is 0 Å². The topological polar surface area (TPSA) is 138 Å². The van der Waals surface area contributed by atoms with Gasteiger partial charge in [-0.25, -0.2) is 10.1 Å². The Morgan fingerprint density at radius 2 is 1.81 bits per heavy atom. The number of benzene rings is 2. The zero-order chi connectivity index (χ0) is 22.9. The van der Waals surface area contributed by atoms with Gasteiger partial charge in [0.15, 0.2) is 0 Å². The van der Waals surface area contributed by atoms with Crippen LogP contribution in [0.5, 0.6) is 17.2 Å². The van der Waals surface area contributed by atoms with Gasteiger partial charge < -0.3 is 25.4 Å². The van der Waals surface area contributed by atoms with Gasteiger partial charge in [0.2, 0.25) is 11.1 Å². The zero-order valence-corrected chi connectivity index (χ0v) is 18.5. The number of aromatic nitrogens is 3. The van der Waals surface area contributed by atoms with Crippen LogP contribution in [0.3, 0.4) is 0 Å². The largest absolute Gasteiger partial charge is 0.497 e. The van der Waals surface area contributed by atoms with E-state index >= 15 is 0 Å². The van der Waals surface area contributed by atoms with E-state index in [9.17, 15) is 4.79 Å². The molecule has 3 rings (SSSR count). The maximum atomic E-state index is 12.3. The summed E-state index contributed by atoms with van der Waals surface area (Å²) in [6.07, 6.45) is 1.60. The van der Waals surface area contributed by atoms with Crippen molar-refractivity contribution in [3.63, 3.8) is 0 Å². The van der Waals surface area contributed by atoms with Crippen molar-refractivity contribution in [1.82, 2.24) is 14.9 Å². The summed E-state index contributed by atoms with van der Waals surface area (Å²) in [6, 6.07) is 12.5. The Kier molecular flexibility index (Phi) is 7.75. The fourth-order valence-electron chi connectivity index (χ4n) is 2.54. The van der Waals surface area contributed by atoms with Crippen LogP contribution < -0.4 is 30.8 Å². The van der Waals surface area contributed by atoms with Crippen molar-refractivity contribution in [3.05, 3.63) is 48.0 Å². The van der Waals surface area contributed by atoms with Gasteiger partial charge in [0, 0.05) is 23.9 Å². The van der Waals surface area contributed by atoms with Crippen LogP contribution in [0.4, 0.5) is 11.6 Å². The molecule has 32 heavy (non-hydrogen) atoms. The van der Waals surface area contributed by atoms with Crippen molar-refractivity contribution in [2.24, 2.45) is 5.10 Å². The lowest BCUT2D eigenvalue weighted by Gasteiger charge is -2.09. The third-order valence-corrected chi connectivity index (χ3v) is 5.05. The predicted molar refractivity (Wildman–Crippen MR) is 123 cm³/mol. The molecule has 3 aromatic rings. The number of nitrogen functional groups attached to an aromatic ring is 1. The number of nitrogens with zero attached hydrogens (tertiary/aromatic N) is 4. The van der Waals surface area contributed by atoms with Crippen LogP contribution in [0.2, 0.25) is 0 Å². The lowest BCUT2D eigenvalue weighted by Crippen LogP contribution is -2.17. The molecular weight excluding hydrogens is 434 g/mol. The van der Waals surface area contributed by atoms with Gasteiger partial charge in [0.1, 0.15) is 17.2 Å². The van der Waals surface area contributed by atoms with E-state index in [2.05, 4.69) is 26.0 Å². The average molecular weight is 458 g/mol. The number of nitrogens with one attached hydrogen (secondary N) is 2. The maximum absolute atomic E-state index is 12.3. The Bertz CT molecular complexity index is 1080. The number of hydrogen-bond acceptors (Lipinski definition) is 10. The molecule has 1 aromatic heterocycles. The molecule has 1 heterocycles. The van der Waals surface area contributed by atoms with Crippen molar-refractivity contribution in [2.45, 2.75) is 5.16 Å². The molecular formula is C20H23N7O4S. The first-order valence-corrected chi connectivity index (χ1v) is 10.3. The highest BCUT2D eigenvalue weighted by molar-refractivity contribution is 7.99. The van der Waals surface area contributed by atoms with E-state index < -0.39 is 0 Å². The number of rotatable bonds is 10. The molecule has 0 saturated carbocycles. The van der Waals surface area contributed by atoms with Gasteiger partial charge >= 0.3 is 0 Å². The maximum Gasteiger partial charge on any atom is 0.264 e. The van der Waals surface area contributed by atoms with E-state index in [1.54, 1.807) is 31.5 Å². The van der Waals surface area contributed by atoms with Crippen LogP contribution in [0.1, 0.15) is 5.56 Å². The predicted octanol–water partition coefficient (Wildman–Crippen LogP) is 2.19. The highest BCUT2D eigenvalue weighted by Crippen LogP contribution is 2.26. The van der Waals surface area contributed by atoms with Crippen LogP contribution in [-0.2, 0) is 4.79 Å². The number of ether oxygens (including phenoxy) is 3. The fourth-order valence-corrected chi connectivity index (χ4v) is 3.20. The summed E-state index contributed by atoms with van der Waals surface area (Å²) in [7, 11) is 4.67. The SMILES string of the molecule is COc1cccc(/C=N/Nc2nnc(SCC(=O)Nc3cc(OC)cc(OC)c3)n2N)c1. The number of methoxy groups -OCH3 is 3. The first-order valence-electron chi connectivity index (χ1n) is 9.31. The second kappa shape index (κ2) is 10.9. The summed E-state index contributed by atoms with van der Waals surface area (Å²) in [6.45, 7) is 0. The molecule has 0 unspecified atom stereocenters. The van der Waals surface area contributed by atoms with Crippen LogP contribution >= 0.6 is 11.8 Å². The molecule has 4 N–H and O–H groups in total. The zero-order valence-electron chi connectivity index (χ0n) is 17.7. The summed E-state index contributed by atoms with van der Waals surface area (Å²) in [5.41, 5.74) is 4.11. The highest BCUT2D eigenvalue weighted by Gasteiger charge is 2.13. The van der Waals surface area contributed by atoms with Gasteiger partial charge in [-0.15, -0.1) is 10.2 Å². The first kappa shape index (κ1) is 22.7. The number of hydrogen-bond donors (Lipinski definition) is 3. The average Bonchev–Trinajstić information content (AvgIpc) is 3.16. The molecule has 0 fully saturated rings. The molecule has 0 aliphatic rings. The molecule has 0 radical (unpaired) electrons. The summed E-state index contributed by atoms with van der Waals surface area (Å²) >= 11 is 1.13. The van der Waals surface area contributed by atoms with Crippen molar-refractivity contribution >= 4 is 35.5 Å². The molecule has 0 atom stereocenters. The number of anilines is 2. The molecule has 12 heteroatoms. The van der Waals surface area contributed by atoms with Gasteiger partial charge in [0.25, 0.3) is 5.95 Å². The first-order chi connectivity index (χ1) is 15.5. The van der Waals surface area contributed by atoms with Crippen LogP contribution in [0, 0.1) is 0 Å².